The molecule has 25 heavy (non-hydrogen) atoms. The molecular weight excluding hydrogens is 320 g/mol. The Balaban J connectivity index is 1.58. The Hall–Kier alpha value is -2.74. The molecule has 0 unspecified atom stereocenters. The van der Waals surface area contributed by atoms with Crippen LogP contribution in [0.1, 0.15) is 10.4 Å². The molecule has 2 aromatic heterocycles. The van der Waals surface area contributed by atoms with Gasteiger partial charge >= 0.3 is 0 Å². The van der Waals surface area contributed by atoms with Crippen molar-refractivity contribution in [3.05, 3.63) is 42.5 Å². The molecule has 3 rings (SSSR count). The van der Waals surface area contributed by atoms with E-state index in [1.54, 1.807) is 38.0 Å². The van der Waals surface area contributed by atoms with E-state index in [1.807, 2.05) is 11.0 Å². The maximum absolute atomic E-state index is 12.7. The number of amides is 1. The van der Waals surface area contributed by atoms with Gasteiger partial charge in [-0.05, 0) is 12.1 Å². The monoisotopic (exact) mass is 342 g/mol. The highest BCUT2D eigenvalue weighted by molar-refractivity contribution is 5.94. The van der Waals surface area contributed by atoms with E-state index in [1.165, 1.54) is 0 Å². The van der Waals surface area contributed by atoms with E-state index in [2.05, 4.69) is 25.2 Å². The third-order valence-electron chi connectivity index (χ3n) is 4.02. The number of carbonyl (C=O) groups excluding carboxylic acids is 1. The number of nitrogens with one attached hydrogen (secondary N) is 1. The van der Waals surface area contributed by atoms with Crippen molar-refractivity contribution in [2.75, 3.05) is 56.7 Å². The second-order valence-corrected chi connectivity index (χ2v) is 5.71. The SMILES string of the molecule is COCCNc1cncc(C(=O)N2CCN(c3ncccn3)CC2)c1. The molecule has 132 valence electrons. The summed E-state index contributed by atoms with van der Waals surface area (Å²) in [5.41, 5.74) is 1.41. The summed E-state index contributed by atoms with van der Waals surface area (Å²) < 4.78 is 5.01. The van der Waals surface area contributed by atoms with Crippen molar-refractivity contribution < 1.29 is 9.53 Å². The van der Waals surface area contributed by atoms with Gasteiger partial charge in [-0.15, -0.1) is 0 Å². The molecule has 0 bridgehead atoms. The molecule has 0 atom stereocenters. The first-order valence-corrected chi connectivity index (χ1v) is 8.27. The number of methoxy groups -OCH3 is 1. The number of carbonyl (C=O) groups is 1. The maximum atomic E-state index is 12.7. The highest BCUT2D eigenvalue weighted by Crippen LogP contribution is 2.14. The molecular formula is C17H22N6O2. The normalized spacial score (nSPS) is 14.4. The van der Waals surface area contributed by atoms with Gasteiger partial charge < -0.3 is 19.9 Å². The molecule has 1 aliphatic heterocycles. The second-order valence-electron chi connectivity index (χ2n) is 5.71. The lowest BCUT2D eigenvalue weighted by molar-refractivity contribution is 0.0746. The summed E-state index contributed by atoms with van der Waals surface area (Å²) in [5, 5.41) is 3.19. The summed E-state index contributed by atoms with van der Waals surface area (Å²) in [6, 6.07) is 3.63. The Morgan fingerprint density at radius 2 is 1.96 bits per heavy atom. The summed E-state index contributed by atoms with van der Waals surface area (Å²) >= 11 is 0. The lowest BCUT2D eigenvalue weighted by Crippen LogP contribution is -2.49. The number of nitrogens with zero attached hydrogens (tertiary/aromatic N) is 5. The Bertz CT molecular complexity index is 689. The van der Waals surface area contributed by atoms with Crippen LogP contribution in [-0.4, -0.2) is 72.2 Å². The van der Waals surface area contributed by atoms with Gasteiger partial charge in [0.05, 0.1) is 17.9 Å². The van der Waals surface area contributed by atoms with Crippen LogP contribution < -0.4 is 10.2 Å². The van der Waals surface area contributed by atoms with Gasteiger partial charge in [0.1, 0.15) is 0 Å². The van der Waals surface area contributed by atoms with Crippen molar-refractivity contribution in [2.24, 2.45) is 0 Å². The topological polar surface area (TPSA) is 83.5 Å². The first kappa shape index (κ1) is 17.1. The van der Waals surface area contributed by atoms with Crippen LogP contribution in [0.4, 0.5) is 11.6 Å². The van der Waals surface area contributed by atoms with Crippen molar-refractivity contribution in [2.45, 2.75) is 0 Å². The first-order chi connectivity index (χ1) is 12.3. The molecule has 1 saturated heterocycles. The van der Waals surface area contributed by atoms with Crippen LogP contribution in [0.2, 0.25) is 0 Å². The van der Waals surface area contributed by atoms with Crippen molar-refractivity contribution in [3.8, 4) is 0 Å². The molecule has 0 aromatic carbocycles. The minimum atomic E-state index is -0.00322. The second kappa shape index (κ2) is 8.39. The Kier molecular flexibility index (Phi) is 5.73. The van der Waals surface area contributed by atoms with E-state index in [4.69, 9.17) is 4.74 Å². The molecule has 0 radical (unpaired) electrons. The summed E-state index contributed by atoms with van der Waals surface area (Å²) in [6.45, 7) is 3.98. The number of piperazine rings is 1. The van der Waals surface area contributed by atoms with Crippen molar-refractivity contribution in [3.63, 3.8) is 0 Å². The van der Waals surface area contributed by atoms with E-state index < -0.39 is 0 Å². The summed E-state index contributed by atoms with van der Waals surface area (Å²) in [5.74, 6) is 0.706. The number of aromatic nitrogens is 3. The lowest BCUT2D eigenvalue weighted by Gasteiger charge is -2.34. The van der Waals surface area contributed by atoms with Crippen LogP contribution in [0.15, 0.2) is 36.9 Å². The molecule has 8 heteroatoms. The lowest BCUT2D eigenvalue weighted by atomic mass is 10.2. The first-order valence-electron chi connectivity index (χ1n) is 8.27. The molecule has 1 fully saturated rings. The molecule has 1 aliphatic rings. The van der Waals surface area contributed by atoms with E-state index in [-0.39, 0.29) is 5.91 Å². The van der Waals surface area contributed by atoms with Gasteiger partial charge in [0.15, 0.2) is 0 Å². The predicted molar refractivity (Wildman–Crippen MR) is 94.8 cm³/mol. The molecule has 8 nitrogen and oxygen atoms in total. The van der Waals surface area contributed by atoms with Gasteiger partial charge in [0, 0.05) is 64.6 Å². The Labute approximate surface area is 146 Å². The highest BCUT2D eigenvalue weighted by Gasteiger charge is 2.23. The number of pyridine rings is 1. The molecule has 1 N–H and O–H groups in total. The van der Waals surface area contributed by atoms with Crippen LogP contribution >= 0.6 is 0 Å². The standard InChI is InChI=1S/C17H22N6O2/c1-25-10-5-19-15-11-14(12-18-13-15)16(24)22-6-8-23(9-7-22)17-20-3-2-4-21-17/h2-4,11-13,19H,5-10H2,1H3. The van der Waals surface area contributed by atoms with Crippen molar-refractivity contribution in [1.82, 2.24) is 19.9 Å². The van der Waals surface area contributed by atoms with Crippen LogP contribution in [0.25, 0.3) is 0 Å². The average molecular weight is 342 g/mol. The Morgan fingerprint density at radius 3 is 2.68 bits per heavy atom. The van der Waals surface area contributed by atoms with E-state index in [9.17, 15) is 4.79 Å². The molecule has 0 aliphatic carbocycles. The predicted octanol–water partition coefficient (Wildman–Crippen LogP) is 0.892. The molecule has 2 aromatic rings. The zero-order valence-electron chi connectivity index (χ0n) is 14.3. The zero-order chi connectivity index (χ0) is 17.5. The fraction of sp³-hybridized carbons (Fsp3) is 0.412. The quantitative estimate of drug-likeness (QED) is 0.781. The number of hydrogen-bond donors (Lipinski definition) is 1. The van der Waals surface area contributed by atoms with Crippen LogP contribution in [0.3, 0.4) is 0 Å². The number of anilines is 2. The number of rotatable bonds is 6. The minimum absolute atomic E-state index is 0.00322. The molecule has 0 spiro atoms. The average Bonchev–Trinajstić information content (AvgIpc) is 2.69. The van der Waals surface area contributed by atoms with Crippen molar-refractivity contribution in [1.29, 1.82) is 0 Å². The van der Waals surface area contributed by atoms with E-state index in [0.717, 1.165) is 18.8 Å². The summed E-state index contributed by atoms with van der Waals surface area (Å²) in [4.78, 5) is 29.3. The van der Waals surface area contributed by atoms with E-state index >= 15 is 0 Å². The highest BCUT2D eigenvalue weighted by atomic mass is 16.5. The van der Waals surface area contributed by atoms with Gasteiger partial charge in [-0.25, -0.2) is 9.97 Å². The van der Waals surface area contributed by atoms with E-state index in [0.29, 0.717) is 37.8 Å². The van der Waals surface area contributed by atoms with Gasteiger partial charge in [-0.3, -0.25) is 9.78 Å². The number of hydrogen-bond acceptors (Lipinski definition) is 7. The van der Waals surface area contributed by atoms with Gasteiger partial charge in [-0.2, -0.15) is 0 Å². The van der Waals surface area contributed by atoms with Gasteiger partial charge in [0.25, 0.3) is 5.91 Å². The van der Waals surface area contributed by atoms with Gasteiger partial charge in [-0.1, -0.05) is 0 Å². The van der Waals surface area contributed by atoms with Crippen molar-refractivity contribution >= 4 is 17.5 Å². The van der Waals surface area contributed by atoms with Crippen LogP contribution in [0, 0.1) is 0 Å². The fourth-order valence-electron chi connectivity index (χ4n) is 2.70. The third-order valence-corrected chi connectivity index (χ3v) is 4.02. The maximum Gasteiger partial charge on any atom is 0.255 e. The molecule has 3 heterocycles. The summed E-state index contributed by atoms with van der Waals surface area (Å²) in [6.07, 6.45) is 6.77. The largest absolute Gasteiger partial charge is 0.383 e. The van der Waals surface area contributed by atoms with Crippen LogP contribution in [0.5, 0.6) is 0 Å². The third kappa shape index (κ3) is 4.42. The smallest absolute Gasteiger partial charge is 0.255 e. The van der Waals surface area contributed by atoms with Gasteiger partial charge in [0.2, 0.25) is 5.95 Å². The molecule has 0 saturated carbocycles. The summed E-state index contributed by atoms with van der Waals surface area (Å²) in [7, 11) is 1.65. The zero-order valence-corrected chi connectivity index (χ0v) is 14.3. The Morgan fingerprint density at radius 1 is 1.20 bits per heavy atom. The van der Waals surface area contributed by atoms with Crippen LogP contribution in [-0.2, 0) is 4.74 Å². The molecule has 1 amide bonds. The number of ether oxygens (including phenoxy) is 1. The minimum Gasteiger partial charge on any atom is -0.383 e. The fourth-order valence-corrected chi connectivity index (χ4v) is 2.70.